The molecular weight excluding hydrogens is 264 g/mol. The average molecular weight is 278 g/mol. The van der Waals surface area contributed by atoms with Gasteiger partial charge in [0.2, 0.25) is 0 Å². The third-order valence-electron chi connectivity index (χ3n) is 2.92. The van der Waals surface area contributed by atoms with Gasteiger partial charge in [0.15, 0.2) is 11.2 Å². The van der Waals surface area contributed by atoms with Crippen LogP contribution in [0.25, 0.3) is 11.0 Å². The molecule has 0 aliphatic heterocycles. The molecule has 8 heteroatoms. The Morgan fingerprint density at radius 3 is 2.85 bits per heavy atom. The molecular formula is C12H14N4O4. The highest BCUT2D eigenvalue weighted by Gasteiger charge is 2.30. The number of H-pyrrole nitrogens is 1. The number of pyridine rings is 1. The van der Waals surface area contributed by atoms with Crippen molar-refractivity contribution in [3.05, 3.63) is 23.5 Å². The Labute approximate surface area is 113 Å². The minimum Gasteiger partial charge on any atom is -0.479 e. The van der Waals surface area contributed by atoms with Gasteiger partial charge in [-0.1, -0.05) is 0 Å². The van der Waals surface area contributed by atoms with E-state index in [9.17, 15) is 14.7 Å². The summed E-state index contributed by atoms with van der Waals surface area (Å²) < 4.78 is 0. The minimum atomic E-state index is -2.02. The lowest BCUT2D eigenvalue weighted by Gasteiger charge is -2.18. The van der Waals surface area contributed by atoms with Gasteiger partial charge >= 0.3 is 5.97 Å². The first kappa shape index (κ1) is 13.9. The second-order valence-electron chi connectivity index (χ2n) is 4.71. The van der Waals surface area contributed by atoms with Crippen LogP contribution in [0.3, 0.4) is 0 Å². The maximum Gasteiger partial charge on any atom is 0.337 e. The molecule has 2 aromatic heterocycles. The molecule has 2 heterocycles. The Morgan fingerprint density at radius 1 is 1.50 bits per heavy atom. The van der Waals surface area contributed by atoms with E-state index in [4.69, 9.17) is 5.11 Å². The first-order valence-electron chi connectivity index (χ1n) is 5.86. The van der Waals surface area contributed by atoms with Gasteiger partial charge < -0.3 is 15.5 Å². The number of fused-ring (bicyclic) bond motifs is 1. The summed E-state index contributed by atoms with van der Waals surface area (Å²) in [5, 5.41) is 28.0. The fourth-order valence-corrected chi connectivity index (χ4v) is 1.57. The largest absolute Gasteiger partial charge is 0.479 e. The van der Waals surface area contributed by atoms with E-state index in [0.717, 1.165) is 12.6 Å². The number of carbonyl (C=O) groups excluding carboxylic acids is 1. The summed E-state index contributed by atoms with van der Waals surface area (Å²) in [6.45, 7) is 2.51. The van der Waals surface area contributed by atoms with Gasteiger partial charge in [-0.3, -0.25) is 9.89 Å². The van der Waals surface area contributed by atoms with Crippen molar-refractivity contribution in [2.75, 3.05) is 6.54 Å². The molecule has 0 radical (unpaired) electrons. The van der Waals surface area contributed by atoms with Crippen molar-refractivity contribution >= 4 is 22.9 Å². The Balaban J connectivity index is 2.15. The molecule has 106 valence electrons. The van der Waals surface area contributed by atoms with Crippen LogP contribution in [-0.4, -0.2) is 49.4 Å². The van der Waals surface area contributed by atoms with Crippen LogP contribution in [0.4, 0.5) is 0 Å². The molecule has 1 amide bonds. The molecule has 0 aromatic carbocycles. The topological polar surface area (TPSA) is 128 Å². The molecule has 2 aromatic rings. The second kappa shape index (κ2) is 4.89. The number of aromatic nitrogens is 3. The number of carboxylic acid groups (broad SMARTS) is 1. The second-order valence-corrected chi connectivity index (χ2v) is 4.71. The number of rotatable bonds is 4. The number of amides is 1. The molecule has 2 rings (SSSR count). The smallest absolute Gasteiger partial charge is 0.337 e. The van der Waals surface area contributed by atoms with Crippen molar-refractivity contribution in [1.29, 1.82) is 0 Å². The number of nitrogens with zero attached hydrogens (tertiary/aromatic N) is 2. The van der Waals surface area contributed by atoms with Crippen molar-refractivity contribution in [3.8, 4) is 0 Å². The van der Waals surface area contributed by atoms with Gasteiger partial charge in [0, 0.05) is 17.3 Å². The van der Waals surface area contributed by atoms with Crippen LogP contribution in [0.2, 0.25) is 0 Å². The van der Waals surface area contributed by atoms with E-state index in [1.54, 1.807) is 13.0 Å². The van der Waals surface area contributed by atoms with E-state index < -0.39 is 24.0 Å². The number of carbonyl (C=O) groups is 2. The fraction of sp³-hybridized carbons (Fsp3) is 0.333. The average Bonchev–Trinajstić information content (AvgIpc) is 2.77. The van der Waals surface area contributed by atoms with Crippen LogP contribution >= 0.6 is 0 Å². The van der Waals surface area contributed by atoms with Gasteiger partial charge in [-0.15, -0.1) is 0 Å². The molecule has 4 N–H and O–H groups in total. The van der Waals surface area contributed by atoms with Crippen molar-refractivity contribution in [1.82, 2.24) is 20.5 Å². The number of aliphatic hydroxyl groups is 1. The van der Waals surface area contributed by atoms with E-state index in [1.807, 2.05) is 0 Å². The quantitative estimate of drug-likeness (QED) is 0.614. The third kappa shape index (κ3) is 2.59. The molecule has 0 aliphatic carbocycles. The zero-order chi connectivity index (χ0) is 14.9. The summed E-state index contributed by atoms with van der Waals surface area (Å²) in [6.07, 6.45) is 1.34. The summed E-state index contributed by atoms with van der Waals surface area (Å²) in [5.74, 6) is -1.92. The summed E-state index contributed by atoms with van der Waals surface area (Å²) in [4.78, 5) is 26.7. The zero-order valence-electron chi connectivity index (χ0n) is 11.0. The number of hydrogen-bond acceptors (Lipinski definition) is 5. The minimum absolute atomic E-state index is 0.267. The molecule has 0 saturated heterocycles. The van der Waals surface area contributed by atoms with Crippen molar-refractivity contribution in [2.45, 2.75) is 19.4 Å². The number of hydrogen-bond donors (Lipinski definition) is 4. The van der Waals surface area contributed by atoms with Crippen LogP contribution in [0.5, 0.6) is 0 Å². The van der Waals surface area contributed by atoms with Crippen LogP contribution < -0.4 is 5.32 Å². The Hall–Kier alpha value is -2.48. The van der Waals surface area contributed by atoms with Gasteiger partial charge in [-0.2, -0.15) is 5.10 Å². The van der Waals surface area contributed by atoms with Gasteiger partial charge in [0.05, 0.1) is 12.1 Å². The normalized spacial score (nSPS) is 13.9. The maximum absolute atomic E-state index is 11.9. The van der Waals surface area contributed by atoms with E-state index in [0.29, 0.717) is 11.0 Å². The van der Waals surface area contributed by atoms with Crippen LogP contribution in [0, 0.1) is 6.92 Å². The fourth-order valence-electron chi connectivity index (χ4n) is 1.57. The summed E-state index contributed by atoms with van der Waals surface area (Å²) in [5.41, 5.74) is -0.474. The number of nitrogens with one attached hydrogen (secondary N) is 2. The lowest BCUT2D eigenvalue weighted by molar-refractivity contribution is -0.155. The predicted octanol–water partition coefficient (Wildman–Crippen LogP) is -0.168. The first-order chi connectivity index (χ1) is 9.31. The van der Waals surface area contributed by atoms with Gasteiger partial charge in [-0.05, 0) is 19.9 Å². The summed E-state index contributed by atoms with van der Waals surface area (Å²) >= 11 is 0. The molecule has 0 fully saturated rings. The lowest BCUT2D eigenvalue weighted by Crippen LogP contribution is -2.46. The number of carboxylic acids is 1. The van der Waals surface area contributed by atoms with Crippen molar-refractivity contribution < 1.29 is 19.8 Å². The molecule has 8 nitrogen and oxygen atoms in total. The van der Waals surface area contributed by atoms with Crippen LogP contribution in [0.15, 0.2) is 12.3 Å². The van der Waals surface area contributed by atoms with Crippen LogP contribution in [0.1, 0.15) is 23.0 Å². The lowest BCUT2D eigenvalue weighted by atomic mass is 10.1. The van der Waals surface area contributed by atoms with Crippen LogP contribution in [-0.2, 0) is 4.79 Å². The van der Waals surface area contributed by atoms with E-state index in [1.165, 1.54) is 6.20 Å². The molecule has 0 spiro atoms. The highest BCUT2D eigenvalue weighted by Crippen LogP contribution is 2.14. The molecule has 0 bridgehead atoms. The summed E-state index contributed by atoms with van der Waals surface area (Å²) in [6, 6.07) is 1.60. The highest BCUT2D eigenvalue weighted by atomic mass is 16.4. The SMILES string of the molecule is Cc1[nH]nc2ncc(C(=O)NCC(C)(O)C(=O)O)cc12. The number of aliphatic carboxylic acids is 1. The highest BCUT2D eigenvalue weighted by molar-refractivity contribution is 5.97. The van der Waals surface area contributed by atoms with Gasteiger partial charge in [0.25, 0.3) is 5.91 Å². The van der Waals surface area contributed by atoms with E-state index >= 15 is 0 Å². The monoisotopic (exact) mass is 278 g/mol. The van der Waals surface area contributed by atoms with Crippen molar-refractivity contribution in [3.63, 3.8) is 0 Å². The predicted molar refractivity (Wildman–Crippen MR) is 69.2 cm³/mol. The Morgan fingerprint density at radius 2 is 2.20 bits per heavy atom. The Bertz CT molecular complexity index is 677. The van der Waals surface area contributed by atoms with E-state index in [-0.39, 0.29) is 5.56 Å². The number of aromatic amines is 1. The van der Waals surface area contributed by atoms with E-state index in [2.05, 4.69) is 20.5 Å². The third-order valence-corrected chi connectivity index (χ3v) is 2.92. The summed E-state index contributed by atoms with van der Waals surface area (Å²) in [7, 11) is 0. The molecule has 0 saturated carbocycles. The molecule has 1 atom stereocenters. The Kier molecular flexibility index (Phi) is 3.41. The number of aryl methyl sites for hydroxylation is 1. The van der Waals surface area contributed by atoms with Gasteiger partial charge in [0.1, 0.15) is 0 Å². The molecule has 1 unspecified atom stereocenters. The van der Waals surface area contributed by atoms with Gasteiger partial charge in [-0.25, -0.2) is 9.78 Å². The van der Waals surface area contributed by atoms with Crippen molar-refractivity contribution in [2.24, 2.45) is 0 Å². The standard InChI is InChI=1S/C12H14N4O4/c1-6-8-3-7(4-13-9(8)16-15-6)10(17)14-5-12(2,20)11(18)19/h3-4,20H,5H2,1-2H3,(H,14,17)(H,18,19)(H,13,15,16). The first-order valence-corrected chi connectivity index (χ1v) is 5.86. The molecule has 20 heavy (non-hydrogen) atoms. The maximum atomic E-state index is 11.9. The molecule has 0 aliphatic rings. The zero-order valence-corrected chi connectivity index (χ0v) is 11.0.